The first-order chi connectivity index (χ1) is 11.9. The number of anilines is 1. The minimum absolute atomic E-state index is 0.0120. The molecule has 2 N–H and O–H groups in total. The van der Waals surface area contributed by atoms with Gasteiger partial charge in [-0.05, 0) is 25.0 Å². The predicted octanol–water partition coefficient (Wildman–Crippen LogP) is 1.31. The number of sulfone groups is 1. The van der Waals surface area contributed by atoms with Gasteiger partial charge < -0.3 is 10.6 Å². The van der Waals surface area contributed by atoms with Gasteiger partial charge in [-0.25, -0.2) is 18.4 Å². The lowest BCUT2D eigenvalue weighted by molar-refractivity contribution is 0.0936. The van der Waals surface area contributed by atoms with Crippen molar-refractivity contribution in [2.24, 2.45) is 0 Å². The fourth-order valence-corrected chi connectivity index (χ4v) is 4.38. The van der Waals surface area contributed by atoms with Gasteiger partial charge in [0.15, 0.2) is 9.84 Å². The summed E-state index contributed by atoms with van der Waals surface area (Å²) in [5.74, 6) is 0.0930. The smallest absolute Gasteiger partial charge is 0.270 e. The Kier molecular flexibility index (Phi) is 4.98. The van der Waals surface area contributed by atoms with Crippen molar-refractivity contribution in [3.05, 3.63) is 53.3 Å². The number of rotatable bonds is 5. The second kappa shape index (κ2) is 7.18. The average molecular weight is 360 g/mol. The molecular weight excluding hydrogens is 340 g/mol. The van der Waals surface area contributed by atoms with E-state index in [9.17, 15) is 13.2 Å². The molecule has 1 amide bonds. The molecule has 0 radical (unpaired) electrons. The molecule has 0 spiro atoms. The van der Waals surface area contributed by atoms with Gasteiger partial charge in [-0.15, -0.1) is 0 Å². The number of hydrogen-bond donors (Lipinski definition) is 2. The fourth-order valence-electron chi connectivity index (χ4n) is 2.71. The van der Waals surface area contributed by atoms with Gasteiger partial charge in [0.2, 0.25) is 5.95 Å². The number of hydrogen-bond acceptors (Lipinski definition) is 6. The van der Waals surface area contributed by atoms with E-state index in [-0.39, 0.29) is 29.1 Å². The Balaban J connectivity index is 1.67. The molecular formula is C17H20N4O3S. The zero-order valence-corrected chi connectivity index (χ0v) is 14.7. The maximum Gasteiger partial charge on any atom is 0.270 e. The van der Waals surface area contributed by atoms with Gasteiger partial charge in [0.1, 0.15) is 5.69 Å². The Morgan fingerprint density at radius 2 is 2.00 bits per heavy atom. The molecule has 7 nitrogen and oxygen atoms in total. The predicted molar refractivity (Wildman–Crippen MR) is 95.1 cm³/mol. The van der Waals surface area contributed by atoms with Crippen LogP contribution < -0.4 is 10.6 Å². The molecule has 2 aromatic rings. The number of aromatic nitrogens is 2. The molecule has 0 aliphatic carbocycles. The molecule has 1 aliphatic heterocycles. The molecule has 1 saturated heterocycles. The van der Waals surface area contributed by atoms with Gasteiger partial charge in [0.05, 0.1) is 11.5 Å². The summed E-state index contributed by atoms with van der Waals surface area (Å²) in [5, 5.41) is 5.85. The highest BCUT2D eigenvalue weighted by molar-refractivity contribution is 7.91. The number of amides is 1. The molecule has 1 aromatic carbocycles. The second-order valence-electron chi connectivity index (χ2n) is 6.13. The van der Waals surface area contributed by atoms with Crippen LogP contribution in [0.3, 0.4) is 0 Å². The van der Waals surface area contributed by atoms with E-state index in [2.05, 4.69) is 20.6 Å². The molecule has 8 heteroatoms. The van der Waals surface area contributed by atoms with E-state index in [1.54, 1.807) is 13.0 Å². The molecule has 1 fully saturated rings. The zero-order valence-electron chi connectivity index (χ0n) is 13.9. The van der Waals surface area contributed by atoms with Crippen LogP contribution in [-0.2, 0) is 16.4 Å². The molecule has 0 bridgehead atoms. The molecule has 1 aromatic heterocycles. The first-order valence-electron chi connectivity index (χ1n) is 8.06. The highest BCUT2D eigenvalue weighted by Gasteiger charge is 2.29. The highest BCUT2D eigenvalue weighted by Crippen LogP contribution is 2.13. The molecule has 2 heterocycles. The Labute approximate surface area is 146 Å². The maximum atomic E-state index is 12.4. The van der Waals surface area contributed by atoms with E-state index in [0.29, 0.717) is 24.6 Å². The van der Waals surface area contributed by atoms with Gasteiger partial charge in [0.25, 0.3) is 5.91 Å². The SMILES string of the molecule is Cc1cc(C(=O)NC2CCS(=O)(=O)C2)nc(NCc2ccccc2)n1. The third kappa shape index (κ3) is 4.76. The number of aryl methyl sites for hydroxylation is 1. The third-order valence-electron chi connectivity index (χ3n) is 3.95. The van der Waals surface area contributed by atoms with Gasteiger partial charge in [-0.3, -0.25) is 4.79 Å². The molecule has 132 valence electrons. The normalized spacial score (nSPS) is 18.7. The number of carbonyl (C=O) groups excluding carboxylic acids is 1. The van der Waals surface area contributed by atoms with Crippen LogP contribution in [0.4, 0.5) is 5.95 Å². The molecule has 0 saturated carbocycles. The Morgan fingerprint density at radius 3 is 2.68 bits per heavy atom. The summed E-state index contributed by atoms with van der Waals surface area (Å²) in [5.41, 5.74) is 1.97. The summed E-state index contributed by atoms with van der Waals surface area (Å²) >= 11 is 0. The second-order valence-corrected chi connectivity index (χ2v) is 8.36. The van der Waals surface area contributed by atoms with E-state index < -0.39 is 9.84 Å². The first-order valence-corrected chi connectivity index (χ1v) is 9.88. The molecule has 1 unspecified atom stereocenters. The van der Waals surface area contributed by atoms with Gasteiger partial charge in [0, 0.05) is 18.3 Å². The average Bonchev–Trinajstić information content (AvgIpc) is 2.92. The van der Waals surface area contributed by atoms with E-state index >= 15 is 0 Å². The minimum Gasteiger partial charge on any atom is -0.350 e. The van der Waals surface area contributed by atoms with Crippen molar-refractivity contribution < 1.29 is 13.2 Å². The maximum absolute atomic E-state index is 12.4. The van der Waals surface area contributed by atoms with Crippen molar-refractivity contribution in [2.45, 2.75) is 25.9 Å². The number of nitrogens with one attached hydrogen (secondary N) is 2. The van der Waals surface area contributed by atoms with Crippen LogP contribution in [0.2, 0.25) is 0 Å². The van der Waals surface area contributed by atoms with Crippen molar-refractivity contribution in [1.82, 2.24) is 15.3 Å². The van der Waals surface area contributed by atoms with Crippen molar-refractivity contribution in [1.29, 1.82) is 0 Å². The minimum atomic E-state index is -3.04. The van der Waals surface area contributed by atoms with E-state index in [1.807, 2.05) is 30.3 Å². The largest absolute Gasteiger partial charge is 0.350 e. The molecule has 25 heavy (non-hydrogen) atoms. The number of benzene rings is 1. The third-order valence-corrected chi connectivity index (χ3v) is 5.72. The van der Waals surface area contributed by atoms with Crippen LogP contribution >= 0.6 is 0 Å². The summed E-state index contributed by atoms with van der Waals surface area (Å²) < 4.78 is 23.0. The van der Waals surface area contributed by atoms with Gasteiger partial charge >= 0.3 is 0 Å². The van der Waals surface area contributed by atoms with Crippen LogP contribution in [0.1, 0.15) is 28.2 Å². The quantitative estimate of drug-likeness (QED) is 0.834. The fraction of sp³-hybridized carbons (Fsp3) is 0.353. The van der Waals surface area contributed by atoms with E-state index in [1.165, 1.54) is 0 Å². The summed E-state index contributed by atoms with van der Waals surface area (Å²) in [4.78, 5) is 20.9. The Morgan fingerprint density at radius 1 is 1.24 bits per heavy atom. The molecule has 3 rings (SSSR count). The van der Waals surface area contributed by atoms with E-state index in [0.717, 1.165) is 5.56 Å². The summed E-state index contributed by atoms with van der Waals surface area (Å²) in [7, 11) is -3.04. The van der Waals surface area contributed by atoms with Crippen LogP contribution in [0, 0.1) is 6.92 Å². The number of nitrogens with zero attached hydrogens (tertiary/aromatic N) is 2. The van der Waals surface area contributed by atoms with E-state index in [4.69, 9.17) is 0 Å². The number of carbonyl (C=O) groups is 1. The summed E-state index contributed by atoms with van der Waals surface area (Å²) in [6.07, 6.45) is 0.442. The van der Waals surface area contributed by atoms with Crippen LogP contribution in [0.15, 0.2) is 36.4 Å². The highest BCUT2D eigenvalue weighted by atomic mass is 32.2. The lowest BCUT2D eigenvalue weighted by Gasteiger charge is -2.12. The van der Waals surface area contributed by atoms with Crippen LogP contribution in [0.5, 0.6) is 0 Å². The molecule has 1 aliphatic rings. The van der Waals surface area contributed by atoms with Gasteiger partial charge in [-0.2, -0.15) is 0 Å². The summed E-state index contributed by atoms with van der Waals surface area (Å²) in [6.45, 7) is 2.33. The standard InChI is InChI=1S/C17H20N4O3S/c1-12-9-15(16(22)20-14-7-8-25(23,24)11-14)21-17(19-12)18-10-13-5-3-2-4-6-13/h2-6,9,14H,7-8,10-11H2,1H3,(H,20,22)(H,18,19,21). The molecule has 1 atom stereocenters. The lowest BCUT2D eigenvalue weighted by atomic mass is 10.2. The Hall–Kier alpha value is -2.48. The van der Waals surface area contributed by atoms with Crippen molar-refractivity contribution in [3.63, 3.8) is 0 Å². The monoisotopic (exact) mass is 360 g/mol. The van der Waals surface area contributed by atoms with Gasteiger partial charge in [-0.1, -0.05) is 30.3 Å². The zero-order chi connectivity index (χ0) is 17.9. The lowest BCUT2D eigenvalue weighted by Crippen LogP contribution is -2.36. The van der Waals surface area contributed by atoms with Crippen LogP contribution in [-0.4, -0.2) is 41.8 Å². The first kappa shape index (κ1) is 17.3. The van der Waals surface area contributed by atoms with Crippen molar-refractivity contribution in [2.75, 3.05) is 16.8 Å². The van der Waals surface area contributed by atoms with Crippen molar-refractivity contribution in [3.8, 4) is 0 Å². The van der Waals surface area contributed by atoms with Crippen molar-refractivity contribution >= 4 is 21.7 Å². The Bertz CT molecular complexity index is 869. The topological polar surface area (TPSA) is 101 Å². The summed E-state index contributed by atoms with van der Waals surface area (Å²) in [6, 6.07) is 11.0. The van der Waals surface area contributed by atoms with Crippen LogP contribution in [0.25, 0.3) is 0 Å².